The minimum absolute atomic E-state index is 0.0644. The predicted octanol–water partition coefficient (Wildman–Crippen LogP) is 5.17. The van der Waals surface area contributed by atoms with Crippen molar-refractivity contribution < 1.29 is 4.79 Å². The fourth-order valence-electron chi connectivity index (χ4n) is 1.77. The van der Waals surface area contributed by atoms with E-state index >= 15 is 0 Å². The Bertz CT molecular complexity index is 608. The summed E-state index contributed by atoms with van der Waals surface area (Å²) in [5, 5.41) is 3.80. The van der Waals surface area contributed by atoms with Gasteiger partial charge in [0.2, 0.25) is 5.91 Å². The fourth-order valence-corrected chi connectivity index (χ4v) is 3.08. The zero-order valence-electron chi connectivity index (χ0n) is 11.5. The molecule has 0 saturated carbocycles. The Balaban J connectivity index is 1.80. The molecule has 1 N–H and O–H groups in total. The Hall–Kier alpha value is -1.16. The van der Waals surface area contributed by atoms with Gasteiger partial charge in [0, 0.05) is 21.5 Å². The van der Waals surface area contributed by atoms with Crippen molar-refractivity contribution in [3.05, 3.63) is 63.6 Å². The monoisotopic (exact) mass is 339 g/mol. The van der Waals surface area contributed by atoms with E-state index in [4.69, 9.17) is 23.2 Å². The zero-order chi connectivity index (χ0) is 15.2. The second-order valence-corrected chi connectivity index (χ2v) is 6.54. The van der Waals surface area contributed by atoms with E-state index < -0.39 is 0 Å². The topological polar surface area (TPSA) is 29.1 Å². The first kappa shape index (κ1) is 16.2. The van der Waals surface area contributed by atoms with Gasteiger partial charge in [-0.25, -0.2) is 0 Å². The summed E-state index contributed by atoms with van der Waals surface area (Å²) in [6.45, 7) is 2.06. The van der Waals surface area contributed by atoms with Crippen molar-refractivity contribution >= 4 is 46.6 Å². The summed E-state index contributed by atoms with van der Waals surface area (Å²) >= 11 is 13.3. The molecule has 21 heavy (non-hydrogen) atoms. The van der Waals surface area contributed by atoms with Crippen LogP contribution in [-0.2, 0) is 10.5 Å². The van der Waals surface area contributed by atoms with Crippen LogP contribution in [0.2, 0.25) is 10.0 Å². The third-order valence-corrected chi connectivity index (χ3v) is 4.21. The van der Waals surface area contributed by atoms with E-state index in [0.29, 0.717) is 21.5 Å². The summed E-state index contributed by atoms with van der Waals surface area (Å²) in [4.78, 5) is 11.9. The number of nitrogens with one attached hydrogen (secondary N) is 1. The van der Waals surface area contributed by atoms with E-state index in [1.807, 2.05) is 0 Å². The Labute approximate surface area is 138 Å². The molecule has 0 saturated heterocycles. The molecular formula is C16H15Cl2NOS. The number of rotatable bonds is 5. The van der Waals surface area contributed by atoms with Crippen molar-refractivity contribution in [2.45, 2.75) is 12.7 Å². The van der Waals surface area contributed by atoms with Crippen LogP contribution in [0.25, 0.3) is 0 Å². The number of anilines is 1. The van der Waals surface area contributed by atoms with Crippen LogP contribution >= 0.6 is 35.0 Å². The molecule has 0 aromatic heterocycles. The lowest BCUT2D eigenvalue weighted by Gasteiger charge is -2.06. The molecule has 0 fully saturated rings. The summed E-state index contributed by atoms with van der Waals surface area (Å²) < 4.78 is 0. The second kappa shape index (κ2) is 7.74. The highest BCUT2D eigenvalue weighted by atomic mass is 35.5. The van der Waals surface area contributed by atoms with Gasteiger partial charge in [-0.2, -0.15) is 0 Å². The number of aryl methyl sites for hydroxylation is 1. The van der Waals surface area contributed by atoms with Crippen molar-refractivity contribution in [3.8, 4) is 0 Å². The molecular weight excluding hydrogens is 325 g/mol. The summed E-state index contributed by atoms with van der Waals surface area (Å²) in [6, 6.07) is 13.3. The second-order valence-electron chi connectivity index (χ2n) is 4.68. The molecule has 0 spiro atoms. The van der Waals surface area contributed by atoms with E-state index in [-0.39, 0.29) is 5.91 Å². The Morgan fingerprint density at radius 2 is 1.71 bits per heavy atom. The molecule has 2 rings (SSSR count). The van der Waals surface area contributed by atoms with Gasteiger partial charge in [0.1, 0.15) is 0 Å². The number of benzene rings is 2. The van der Waals surface area contributed by atoms with Gasteiger partial charge in [0.15, 0.2) is 0 Å². The first-order chi connectivity index (χ1) is 10.0. The van der Waals surface area contributed by atoms with Gasteiger partial charge in [-0.15, -0.1) is 11.8 Å². The largest absolute Gasteiger partial charge is 0.325 e. The van der Waals surface area contributed by atoms with Crippen LogP contribution in [0.1, 0.15) is 11.1 Å². The predicted molar refractivity (Wildman–Crippen MR) is 92.4 cm³/mol. The smallest absolute Gasteiger partial charge is 0.234 e. The molecule has 0 heterocycles. The van der Waals surface area contributed by atoms with Gasteiger partial charge in [0.05, 0.1) is 5.75 Å². The number of hydrogen-bond donors (Lipinski definition) is 1. The summed E-state index contributed by atoms with van der Waals surface area (Å²) in [5.41, 5.74) is 3.07. The van der Waals surface area contributed by atoms with Crippen molar-refractivity contribution in [2.24, 2.45) is 0 Å². The molecule has 0 bridgehead atoms. The molecule has 2 nitrogen and oxygen atoms in total. The quantitative estimate of drug-likeness (QED) is 0.813. The van der Waals surface area contributed by atoms with Crippen molar-refractivity contribution in [2.75, 3.05) is 11.1 Å². The van der Waals surface area contributed by atoms with E-state index in [9.17, 15) is 4.79 Å². The Morgan fingerprint density at radius 3 is 2.33 bits per heavy atom. The van der Waals surface area contributed by atoms with Gasteiger partial charge in [-0.05, 0) is 30.7 Å². The number of amides is 1. The maximum atomic E-state index is 11.9. The maximum absolute atomic E-state index is 11.9. The molecule has 0 aliphatic carbocycles. The van der Waals surface area contributed by atoms with Crippen LogP contribution in [0.5, 0.6) is 0 Å². The van der Waals surface area contributed by atoms with Gasteiger partial charge in [-0.1, -0.05) is 53.0 Å². The highest BCUT2D eigenvalue weighted by Crippen LogP contribution is 2.22. The van der Waals surface area contributed by atoms with Crippen molar-refractivity contribution in [1.82, 2.24) is 0 Å². The van der Waals surface area contributed by atoms with Crippen LogP contribution in [0.4, 0.5) is 5.69 Å². The maximum Gasteiger partial charge on any atom is 0.234 e. The van der Waals surface area contributed by atoms with Crippen LogP contribution in [-0.4, -0.2) is 11.7 Å². The normalized spacial score (nSPS) is 10.4. The van der Waals surface area contributed by atoms with E-state index in [1.165, 1.54) is 11.1 Å². The van der Waals surface area contributed by atoms with Crippen LogP contribution in [0.15, 0.2) is 42.5 Å². The number of hydrogen-bond acceptors (Lipinski definition) is 2. The lowest BCUT2D eigenvalue weighted by molar-refractivity contribution is -0.113. The first-order valence-corrected chi connectivity index (χ1v) is 8.33. The van der Waals surface area contributed by atoms with Gasteiger partial charge in [0.25, 0.3) is 0 Å². The van der Waals surface area contributed by atoms with Crippen molar-refractivity contribution in [1.29, 1.82) is 0 Å². The van der Waals surface area contributed by atoms with Gasteiger partial charge >= 0.3 is 0 Å². The molecule has 0 atom stereocenters. The molecule has 2 aromatic rings. The SMILES string of the molecule is Cc1ccc(CSCC(=O)Nc2cc(Cl)cc(Cl)c2)cc1. The number of carbonyl (C=O) groups excluding carboxylic acids is 1. The molecule has 0 radical (unpaired) electrons. The molecule has 0 aliphatic heterocycles. The lowest BCUT2D eigenvalue weighted by Crippen LogP contribution is -2.14. The van der Waals surface area contributed by atoms with Gasteiger partial charge in [-0.3, -0.25) is 4.79 Å². The number of thioether (sulfide) groups is 1. The zero-order valence-corrected chi connectivity index (χ0v) is 13.9. The minimum atomic E-state index is -0.0644. The molecule has 0 aliphatic rings. The highest BCUT2D eigenvalue weighted by molar-refractivity contribution is 7.99. The van der Waals surface area contributed by atoms with E-state index in [0.717, 1.165) is 5.75 Å². The number of carbonyl (C=O) groups is 1. The average molecular weight is 340 g/mol. The first-order valence-electron chi connectivity index (χ1n) is 6.42. The third-order valence-electron chi connectivity index (χ3n) is 2.77. The summed E-state index contributed by atoms with van der Waals surface area (Å²) in [6.07, 6.45) is 0. The van der Waals surface area contributed by atoms with Gasteiger partial charge < -0.3 is 5.32 Å². The van der Waals surface area contributed by atoms with E-state index in [2.05, 4.69) is 36.5 Å². The van der Waals surface area contributed by atoms with Crippen LogP contribution in [0.3, 0.4) is 0 Å². The minimum Gasteiger partial charge on any atom is -0.325 e. The Kier molecular flexibility index (Phi) is 5.97. The molecule has 1 amide bonds. The van der Waals surface area contributed by atoms with E-state index in [1.54, 1.807) is 30.0 Å². The molecule has 2 aromatic carbocycles. The van der Waals surface area contributed by atoms with Crippen LogP contribution in [0, 0.1) is 6.92 Å². The highest BCUT2D eigenvalue weighted by Gasteiger charge is 2.05. The standard InChI is InChI=1S/C16H15Cl2NOS/c1-11-2-4-12(5-3-11)9-21-10-16(20)19-15-7-13(17)6-14(18)8-15/h2-8H,9-10H2,1H3,(H,19,20). The lowest BCUT2D eigenvalue weighted by atomic mass is 10.2. The van der Waals surface area contributed by atoms with Crippen molar-refractivity contribution in [3.63, 3.8) is 0 Å². The van der Waals surface area contributed by atoms with Crippen LogP contribution < -0.4 is 5.32 Å². The Morgan fingerprint density at radius 1 is 1.10 bits per heavy atom. The molecule has 5 heteroatoms. The molecule has 110 valence electrons. The average Bonchev–Trinajstić information content (AvgIpc) is 2.39. The fraction of sp³-hybridized carbons (Fsp3) is 0.188. The third kappa shape index (κ3) is 5.62. The summed E-state index contributed by atoms with van der Waals surface area (Å²) in [5.74, 6) is 1.13. The number of halogens is 2. The summed E-state index contributed by atoms with van der Waals surface area (Å²) in [7, 11) is 0. The molecule has 0 unspecified atom stereocenters.